The minimum atomic E-state index is -0.266. The number of halogens is 1. The SMILES string of the molecule is O=C(Nc1cccc(Cl)c1)c1ccc(NCC2CCCO2)cn1. The third-order valence-corrected chi connectivity index (χ3v) is 3.87. The maximum absolute atomic E-state index is 12.1. The summed E-state index contributed by atoms with van der Waals surface area (Å²) < 4.78 is 5.55. The van der Waals surface area contributed by atoms with Crippen LogP contribution in [0.1, 0.15) is 23.3 Å². The lowest BCUT2D eigenvalue weighted by atomic mass is 10.2. The molecule has 0 spiro atoms. The number of carbonyl (C=O) groups is 1. The van der Waals surface area contributed by atoms with Crippen LogP contribution in [0.15, 0.2) is 42.6 Å². The molecule has 6 heteroatoms. The number of benzene rings is 1. The van der Waals surface area contributed by atoms with Crippen LogP contribution in [0.5, 0.6) is 0 Å². The molecule has 1 saturated heterocycles. The maximum Gasteiger partial charge on any atom is 0.274 e. The van der Waals surface area contributed by atoms with E-state index in [2.05, 4.69) is 15.6 Å². The molecule has 0 saturated carbocycles. The quantitative estimate of drug-likeness (QED) is 0.879. The number of anilines is 2. The normalized spacial score (nSPS) is 17.0. The van der Waals surface area contributed by atoms with Gasteiger partial charge in [0, 0.05) is 23.9 Å². The van der Waals surface area contributed by atoms with Crippen LogP contribution >= 0.6 is 11.6 Å². The van der Waals surface area contributed by atoms with Gasteiger partial charge in [-0.1, -0.05) is 17.7 Å². The molecule has 3 rings (SSSR count). The Balaban J connectivity index is 1.56. The first kappa shape index (κ1) is 15.8. The number of pyridine rings is 1. The molecule has 1 unspecified atom stereocenters. The Hall–Kier alpha value is -2.11. The summed E-state index contributed by atoms with van der Waals surface area (Å²) in [7, 11) is 0. The summed E-state index contributed by atoms with van der Waals surface area (Å²) >= 11 is 5.90. The van der Waals surface area contributed by atoms with Crippen molar-refractivity contribution in [2.24, 2.45) is 0 Å². The van der Waals surface area contributed by atoms with E-state index < -0.39 is 0 Å². The fourth-order valence-corrected chi connectivity index (χ4v) is 2.62. The average Bonchev–Trinajstić information content (AvgIpc) is 3.07. The van der Waals surface area contributed by atoms with Crippen LogP contribution in [0.3, 0.4) is 0 Å². The van der Waals surface area contributed by atoms with Crippen LogP contribution in [-0.4, -0.2) is 30.1 Å². The Morgan fingerprint density at radius 2 is 2.22 bits per heavy atom. The zero-order chi connectivity index (χ0) is 16.1. The topological polar surface area (TPSA) is 63.2 Å². The Kier molecular flexibility index (Phi) is 5.10. The van der Waals surface area contributed by atoms with Crippen molar-refractivity contribution in [2.45, 2.75) is 18.9 Å². The van der Waals surface area contributed by atoms with E-state index in [0.717, 1.165) is 31.7 Å². The van der Waals surface area contributed by atoms with Gasteiger partial charge < -0.3 is 15.4 Å². The van der Waals surface area contributed by atoms with Crippen LogP contribution in [0.25, 0.3) is 0 Å². The summed E-state index contributed by atoms with van der Waals surface area (Å²) in [4.78, 5) is 16.3. The molecule has 1 aliphatic heterocycles. The summed E-state index contributed by atoms with van der Waals surface area (Å²) in [6, 6.07) is 10.5. The van der Waals surface area contributed by atoms with Gasteiger partial charge in [-0.3, -0.25) is 4.79 Å². The zero-order valence-electron chi connectivity index (χ0n) is 12.6. The van der Waals surface area contributed by atoms with Crippen LogP contribution in [0, 0.1) is 0 Å². The standard InChI is InChI=1S/C17H18ClN3O2/c18-12-3-1-4-13(9-12)21-17(22)16-7-6-14(10-20-16)19-11-15-5-2-8-23-15/h1,3-4,6-7,9-10,15,19H,2,5,8,11H2,(H,21,22). The third-order valence-electron chi connectivity index (χ3n) is 3.64. The van der Waals surface area contributed by atoms with Gasteiger partial charge in [0.1, 0.15) is 5.69 Å². The van der Waals surface area contributed by atoms with Gasteiger partial charge in [0.25, 0.3) is 5.91 Å². The predicted molar refractivity (Wildman–Crippen MR) is 91.1 cm³/mol. The third kappa shape index (κ3) is 4.43. The van der Waals surface area contributed by atoms with Gasteiger partial charge in [0.15, 0.2) is 0 Å². The first-order chi connectivity index (χ1) is 11.2. The molecule has 1 atom stereocenters. The van der Waals surface area contributed by atoms with E-state index in [1.54, 1.807) is 36.5 Å². The molecule has 0 bridgehead atoms. The monoisotopic (exact) mass is 331 g/mol. The van der Waals surface area contributed by atoms with Crippen LogP contribution in [0.2, 0.25) is 5.02 Å². The van der Waals surface area contributed by atoms with E-state index in [4.69, 9.17) is 16.3 Å². The molecule has 2 aromatic rings. The Morgan fingerprint density at radius 1 is 1.30 bits per heavy atom. The molecular weight excluding hydrogens is 314 g/mol. The molecule has 0 radical (unpaired) electrons. The van der Waals surface area contributed by atoms with E-state index >= 15 is 0 Å². The molecule has 1 aliphatic rings. The number of aromatic nitrogens is 1. The summed E-state index contributed by atoms with van der Waals surface area (Å²) in [6.45, 7) is 1.60. The van der Waals surface area contributed by atoms with E-state index in [0.29, 0.717) is 16.4 Å². The zero-order valence-corrected chi connectivity index (χ0v) is 13.3. The summed E-state index contributed by atoms with van der Waals surface area (Å²) in [5.41, 5.74) is 1.87. The number of amides is 1. The molecule has 120 valence electrons. The van der Waals surface area contributed by atoms with Crippen molar-refractivity contribution in [1.82, 2.24) is 4.98 Å². The molecule has 1 aromatic carbocycles. The van der Waals surface area contributed by atoms with Gasteiger partial charge in [-0.15, -0.1) is 0 Å². The van der Waals surface area contributed by atoms with Crippen molar-refractivity contribution in [2.75, 3.05) is 23.8 Å². The van der Waals surface area contributed by atoms with Crippen LogP contribution in [0.4, 0.5) is 11.4 Å². The highest BCUT2D eigenvalue weighted by Gasteiger charge is 2.15. The van der Waals surface area contributed by atoms with Crippen LogP contribution in [-0.2, 0) is 4.74 Å². The highest BCUT2D eigenvalue weighted by Crippen LogP contribution is 2.16. The van der Waals surface area contributed by atoms with E-state index in [-0.39, 0.29) is 12.0 Å². The number of nitrogens with zero attached hydrogens (tertiary/aromatic N) is 1. The molecule has 23 heavy (non-hydrogen) atoms. The Morgan fingerprint density at radius 3 is 2.91 bits per heavy atom. The fourth-order valence-electron chi connectivity index (χ4n) is 2.43. The molecule has 2 heterocycles. The van der Waals surface area contributed by atoms with E-state index in [1.165, 1.54) is 0 Å². The second kappa shape index (κ2) is 7.44. The smallest absolute Gasteiger partial charge is 0.274 e. The number of carbonyl (C=O) groups excluding carboxylic acids is 1. The average molecular weight is 332 g/mol. The number of ether oxygens (including phenoxy) is 1. The first-order valence-corrected chi connectivity index (χ1v) is 7.97. The number of hydrogen-bond acceptors (Lipinski definition) is 4. The molecule has 1 fully saturated rings. The molecule has 5 nitrogen and oxygen atoms in total. The second-order valence-corrected chi connectivity index (χ2v) is 5.85. The minimum absolute atomic E-state index is 0.265. The summed E-state index contributed by atoms with van der Waals surface area (Å²) in [5, 5.41) is 6.62. The Bertz CT molecular complexity index is 670. The van der Waals surface area contributed by atoms with Crippen molar-refractivity contribution in [1.29, 1.82) is 0 Å². The lowest BCUT2D eigenvalue weighted by Gasteiger charge is -2.12. The lowest BCUT2D eigenvalue weighted by molar-refractivity contribution is 0.102. The highest BCUT2D eigenvalue weighted by molar-refractivity contribution is 6.30. The van der Waals surface area contributed by atoms with Gasteiger partial charge in [-0.2, -0.15) is 0 Å². The second-order valence-electron chi connectivity index (χ2n) is 5.41. The van der Waals surface area contributed by atoms with Crippen LogP contribution < -0.4 is 10.6 Å². The van der Waals surface area contributed by atoms with Gasteiger partial charge in [0.2, 0.25) is 0 Å². The highest BCUT2D eigenvalue weighted by atomic mass is 35.5. The van der Waals surface area contributed by atoms with Crippen molar-refractivity contribution in [3.05, 3.63) is 53.3 Å². The van der Waals surface area contributed by atoms with Gasteiger partial charge >= 0.3 is 0 Å². The molecular formula is C17H18ClN3O2. The minimum Gasteiger partial charge on any atom is -0.381 e. The van der Waals surface area contributed by atoms with Crippen molar-refractivity contribution in [3.8, 4) is 0 Å². The van der Waals surface area contributed by atoms with Gasteiger partial charge in [0.05, 0.1) is 18.0 Å². The van der Waals surface area contributed by atoms with Crippen molar-refractivity contribution in [3.63, 3.8) is 0 Å². The van der Waals surface area contributed by atoms with Gasteiger partial charge in [-0.25, -0.2) is 4.98 Å². The Labute approximate surface area is 140 Å². The fraction of sp³-hybridized carbons (Fsp3) is 0.294. The number of rotatable bonds is 5. The van der Waals surface area contributed by atoms with E-state index in [1.807, 2.05) is 6.07 Å². The molecule has 2 N–H and O–H groups in total. The van der Waals surface area contributed by atoms with Crippen molar-refractivity contribution >= 4 is 28.9 Å². The molecule has 1 aromatic heterocycles. The predicted octanol–water partition coefficient (Wildman–Crippen LogP) is 3.58. The maximum atomic E-state index is 12.1. The number of hydrogen-bond donors (Lipinski definition) is 2. The van der Waals surface area contributed by atoms with Crippen molar-refractivity contribution < 1.29 is 9.53 Å². The summed E-state index contributed by atoms with van der Waals surface area (Å²) in [6.07, 6.45) is 4.12. The first-order valence-electron chi connectivity index (χ1n) is 7.59. The summed E-state index contributed by atoms with van der Waals surface area (Å²) in [5.74, 6) is -0.266. The number of nitrogens with one attached hydrogen (secondary N) is 2. The largest absolute Gasteiger partial charge is 0.381 e. The van der Waals surface area contributed by atoms with E-state index in [9.17, 15) is 4.79 Å². The van der Waals surface area contributed by atoms with Gasteiger partial charge in [-0.05, 0) is 43.2 Å². The molecule has 0 aliphatic carbocycles. The molecule has 1 amide bonds. The lowest BCUT2D eigenvalue weighted by Crippen LogP contribution is -2.19.